The van der Waals surface area contributed by atoms with Crippen LogP contribution in [0.5, 0.6) is 6.01 Å². The average molecular weight is 616 g/mol. The van der Waals surface area contributed by atoms with E-state index in [4.69, 9.17) is 19.4 Å². The number of aromatic nitrogens is 2. The molecule has 3 aromatic rings. The zero-order valence-corrected chi connectivity index (χ0v) is 26.6. The van der Waals surface area contributed by atoms with Gasteiger partial charge in [-0.1, -0.05) is 24.3 Å². The number of ether oxygens (including phenoxy) is 2. The summed E-state index contributed by atoms with van der Waals surface area (Å²) in [7, 11) is 2.11. The molecule has 238 valence electrons. The highest BCUT2D eigenvalue weighted by Crippen LogP contribution is 2.36. The van der Waals surface area contributed by atoms with Crippen molar-refractivity contribution in [3.63, 3.8) is 0 Å². The molecular weight excluding hydrogens is 573 g/mol. The van der Waals surface area contributed by atoms with Crippen LogP contribution in [0.2, 0.25) is 0 Å². The van der Waals surface area contributed by atoms with Gasteiger partial charge in [0.15, 0.2) is 0 Å². The molecule has 4 heterocycles. The molecule has 0 unspecified atom stereocenters. The first kappa shape index (κ1) is 30.8. The lowest BCUT2D eigenvalue weighted by Crippen LogP contribution is -2.56. The van der Waals surface area contributed by atoms with Gasteiger partial charge in [0.2, 0.25) is 0 Å². The maximum atomic E-state index is 15.1. The third kappa shape index (κ3) is 6.61. The molecule has 0 radical (unpaired) electrons. The number of nitrogens with zero attached hydrogens (tertiary/aromatic N) is 7. The van der Waals surface area contributed by atoms with Gasteiger partial charge in [-0.05, 0) is 71.1 Å². The number of hydrogen-bond acceptors (Lipinski definition) is 9. The normalized spacial score (nSPS) is 20.7. The summed E-state index contributed by atoms with van der Waals surface area (Å²) >= 11 is 0. The van der Waals surface area contributed by atoms with Gasteiger partial charge in [-0.25, -0.2) is 9.18 Å². The SMILES string of the molecule is CN1CCC[C@H]1COc1nc2c(c(N3CCN(C(=O)OC(C)(C)C)[C@@H](CC#N)C3)n1)CCN(c1cccc3cccc(F)c13)C2. The van der Waals surface area contributed by atoms with Crippen molar-refractivity contribution in [3.8, 4) is 12.1 Å². The fourth-order valence-electron chi connectivity index (χ4n) is 6.71. The molecule has 3 aliphatic heterocycles. The van der Waals surface area contributed by atoms with Gasteiger partial charge >= 0.3 is 12.1 Å². The predicted molar refractivity (Wildman–Crippen MR) is 171 cm³/mol. The number of hydrogen-bond donors (Lipinski definition) is 0. The summed E-state index contributed by atoms with van der Waals surface area (Å²) in [6, 6.07) is 13.6. The minimum Gasteiger partial charge on any atom is -0.462 e. The quantitative estimate of drug-likeness (QED) is 0.373. The molecule has 0 bridgehead atoms. The molecule has 11 heteroatoms. The number of anilines is 2. The van der Waals surface area contributed by atoms with Crippen molar-refractivity contribution >= 4 is 28.4 Å². The fraction of sp³-hybridized carbons (Fsp3) is 0.529. The van der Waals surface area contributed by atoms with Crippen LogP contribution in [0.1, 0.15) is 51.3 Å². The van der Waals surface area contributed by atoms with Crippen LogP contribution in [-0.2, 0) is 17.7 Å². The second-order valence-electron chi connectivity index (χ2n) is 13.3. The summed E-state index contributed by atoms with van der Waals surface area (Å²) in [6.45, 7) is 9.61. The minimum atomic E-state index is -0.629. The van der Waals surface area contributed by atoms with Gasteiger partial charge < -0.3 is 29.1 Å². The summed E-state index contributed by atoms with van der Waals surface area (Å²) in [4.78, 5) is 31.2. The Kier molecular flexibility index (Phi) is 8.69. The molecule has 6 rings (SSSR count). The lowest BCUT2D eigenvalue weighted by molar-refractivity contribution is 0.0144. The largest absolute Gasteiger partial charge is 0.462 e. The number of amides is 1. The number of benzene rings is 2. The van der Waals surface area contributed by atoms with Crippen LogP contribution < -0.4 is 14.5 Å². The molecule has 1 amide bonds. The fourth-order valence-corrected chi connectivity index (χ4v) is 6.71. The zero-order chi connectivity index (χ0) is 31.7. The van der Waals surface area contributed by atoms with E-state index in [-0.39, 0.29) is 18.3 Å². The van der Waals surface area contributed by atoms with Gasteiger partial charge in [0.05, 0.1) is 30.8 Å². The van der Waals surface area contributed by atoms with Crippen LogP contribution in [0.25, 0.3) is 10.8 Å². The molecule has 1 aromatic heterocycles. The monoisotopic (exact) mass is 615 g/mol. The van der Waals surface area contributed by atoms with Crippen molar-refractivity contribution < 1.29 is 18.7 Å². The van der Waals surface area contributed by atoms with Gasteiger partial charge in [-0.2, -0.15) is 15.2 Å². The van der Waals surface area contributed by atoms with Crippen molar-refractivity contribution in [2.75, 3.05) is 56.2 Å². The predicted octanol–water partition coefficient (Wildman–Crippen LogP) is 5.14. The molecule has 0 saturated carbocycles. The number of halogens is 1. The molecule has 0 aliphatic carbocycles. The van der Waals surface area contributed by atoms with E-state index in [0.717, 1.165) is 47.5 Å². The standard InChI is InChI=1S/C34H42FN7O3/c1-34(2,3)45-33(43)42-19-18-41(20-24(42)13-15-36)31-26-14-17-40(29-12-6-9-23-8-5-11-27(35)30(23)29)21-28(26)37-32(38-31)44-22-25-10-7-16-39(25)4/h5-6,8-9,11-12,24-25H,7,10,13-14,16-22H2,1-4H3/t24-,25-/m0/s1. The average Bonchev–Trinajstić information content (AvgIpc) is 3.42. The molecule has 0 N–H and O–H groups in total. The number of likely N-dealkylation sites (tertiary alicyclic amines) is 1. The van der Waals surface area contributed by atoms with Gasteiger partial charge in [0.25, 0.3) is 0 Å². The molecular formula is C34H42FN7O3. The first-order valence-corrected chi connectivity index (χ1v) is 15.9. The maximum absolute atomic E-state index is 15.1. The first-order chi connectivity index (χ1) is 21.6. The van der Waals surface area contributed by atoms with E-state index in [0.29, 0.717) is 63.2 Å². The maximum Gasteiger partial charge on any atom is 0.410 e. The molecule has 10 nitrogen and oxygen atoms in total. The summed E-state index contributed by atoms with van der Waals surface area (Å²) in [5, 5.41) is 11.1. The first-order valence-electron chi connectivity index (χ1n) is 15.9. The highest BCUT2D eigenvalue weighted by atomic mass is 19.1. The Labute approximate surface area is 264 Å². The number of piperazine rings is 1. The van der Waals surface area contributed by atoms with E-state index in [9.17, 15) is 10.1 Å². The van der Waals surface area contributed by atoms with E-state index in [1.54, 1.807) is 11.0 Å². The van der Waals surface area contributed by atoms with Gasteiger partial charge in [0.1, 0.15) is 23.8 Å². The van der Waals surface area contributed by atoms with Crippen molar-refractivity contribution in [2.24, 2.45) is 0 Å². The molecule has 2 saturated heterocycles. The highest BCUT2D eigenvalue weighted by molar-refractivity contribution is 5.95. The number of fused-ring (bicyclic) bond motifs is 2. The molecule has 3 aliphatic rings. The second kappa shape index (κ2) is 12.7. The molecule has 45 heavy (non-hydrogen) atoms. The Morgan fingerprint density at radius 3 is 2.60 bits per heavy atom. The minimum absolute atomic E-state index is 0.181. The lowest BCUT2D eigenvalue weighted by atomic mass is 10.0. The van der Waals surface area contributed by atoms with Crippen LogP contribution in [-0.4, -0.2) is 89.9 Å². The number of rotatable bonds is 6. The molecule has 2 fully saturated rings. The Morgan fingerprint density at radius 1 is 1.07 bits per heavy atom. The van der Waals surface area contributed by atoms with E-state index < -0.39 is 11.7 Å². The van der Waals surface area contributed by atoms with Crippen LogP contribution in [0.3, 0.4) is 0 Å². The Bertz CT molecular complexity index is 1600. The third-order valence-electron chi connectivity index (χ3n) is 9.01. The lowest BCUT2D eigenvalue weighted by Gasteiger charge is -2.42. The summed E-state index contributed by atoms with van der Waals surface area (Å²) in [5.41, 5.74) is 2.08. The number of carbonyl (C=O) groups is 1. The Morgan fingerprint density at radius 2 is 1.87 bits per heavy atom. The van der Waals surface area contributed by atoms with Crippen LogP contribution in [0, 0.1) is 17.1 Å². The summed E-state index contributed by atoms with van der Waals surface area (Å²) in [6.07, 6.45) is 2.64. The van der Waals surface area contributed by atoms with E-state index in [2.05, 4.69) is 27.8 Å². The number of nitriles is 1. The smallest absolute Gasteiger partial charge is 0.410 e. The number of likely N-dealkylation sites (N-methyl/N-ethyl adjacent to an activating group) is 1. The van der Waals surface area contributed by atoms with Gasteiger partial charge in [0, 0.05) is 48.9 Å². The molecule has 2 atom stereocenters. The van der Waals surface area contributed by atoms with Crippen molar-refractivity contribution in [2.45, 2.75) is 70.7 Å². The summed E-state index contributed by atoms with van der Waals surface area (Å²) in [5.74, 6) is 0.540. The zero-order valence-electron chi connectivity index (χ0n) is 26.6. The molecule has 2 aromatic carbocycles. The highest BCUT2D eigenvalue weighted by Gasteiger charge is 2.36. The summed E-state index contributed by atoms with van der Waals surface area (Å²) < 4.78 is 27.0. The topological polar surface area (TPSA) is 98.1 Å². The van der Waals surface area contributed by atoms with Crippen LogP contribution in [0.15, 0.2) is 36.4 Å². The van der Waals surface area contributed by atoms with Crippen LogP contribution >= 0.6 is 0 Å². The van der Waals surface area contributed by atoms with Crippen LogP contribution in [0.4, 0.5) is 20.7 Å². The van der Waals surface area contributed by atoms with Crippen molar-refractivity contribution in [1.29, 1.82) is 5.26 Å². The third-order valence-corrected chi connectivity index (χ3v) is 9.01. The van der Waals surface area contributed by atoms with E-state index in [1.807, 2.05) is 45.0 Å². The second-order valence-corrected chi connectivity index (χ2v) is 13.3. The Hall–Kier alpha value is -4.17. The van der Waals surface area contributed by atoms with Gasteiger partial charge in [-0.15, -0.1) is 0 Å². The van der Waals surface area contributed by atoms with Crippen molar-refractivity contribution in [3.05, 3.63) is 53.5 Å². The Balaban J connectivity index is 1.32. The molecule has 0 spiro atoms. The van der Waals surface area contributed by atoms with Gasteiger partial charge in [-0.3, -0.25) is 0 Å². The van der Waals surface area contributed by atoms with E-state index >= 15 is 4.39 Å². The van der Waals surface area contributed by atoms with E-state index in [1.165, 1.54) is 6.07 Å². The van der Waals surface area contributed by atoms with Crippen molar-refractivity contribution in [1.82, 2.24) is 19.8 Å². The number of carbonyl (C=O) groups excluding carboxylic acids is 1.